The van der Waals surface area contributed by atoms with Crippen LogP contribution in [0.2, 0.25) is 0 Å². The molecule has 0 bridgehead atoms. The van der Waals surface area contributed by atoms with Crippen molar-refractivity contribution < 1.29 is 18.9 Å². The van der Waals surface area contributed by atoms with Crippen LogP contribution in [0.3, 0.4) is 0 Å². The average Bonchev–Trinajstić information content (AvgIpc) is 3.11. The molecular weight excluding hydrogens is 429 g/mol. The number of nitro groups is 1. The Labute approximate surface area is 190 Å². The van der Waals surface area contributed by atoms with Crippen LogP contribution in [0, 0.1) is 15.9 Å². The van der Waals surface area contributed by atoms with Gasteiger partial charge in [0.05, 0.1) is 11.6 Å². The number of nitrogens with zero attached hydrogens (tertiary/aromatic N) is 3. The molecule has 2 heterocycles. The summed E-state index contributed by atoms with van der Waals surface area (Å²) >= 11 is 0. The van der Waals surface area contributed by atoms with E-state index in [0.29, 0.717) is 44.8 Å². The Bertz CT molecular complexity index is 1070. The van der Waals surface area contributed by atoms with Crippen molar-refractivity contribution in [2.75, 3.05) is 31.2 Å². The van der Waals surface area contributed by atoms with Crippen LogP contribution in [0.15, 0.2) is 48.5 Å². The number of piperidine rings is 1. The van der Waals surface area contributed by atoms with Crippen LogP contribution >= 0.6 is 0 Å². The first-order chi connectivity index (χ1) is 15.8. The number of anilines is 1. The molecule has 2 N–H and O–H groups in total. The number of amides is 2. The molecule has 2 aromatic rings. The molecule has 0 aromatic heterocycles. The molecule has 10 heteroatoms. The lowest BCUT2D eigenvalue weighted by molar-refractivity contribution is -0.384. The third-order valence-corrected chi connectivity index (χ3v) is 6.37. The Morgan fingerprint density at radius 3 is 2.67 bits per heavy atom. The van der Waals surface area contributed by atoms with E-state index in [1.165, 1.54) is 30.3 Å². The van der Waals surface area contributed by atoms with E-state index in [1.807, 2.05) is 17.9 Å². The summed E-state index contributed by atoms with van der Waals surface area (Å²) in [7, 11) is 0. The highest BCUT2D eigenvalue weighted by molar-refractivity contribution is 5.95. The third-order valence-electron chi connectivity index (χ3n) is 6.37. The quantitative estimate of drug-likeness (QED) is 0.511. The van der Waals surface area contributed by atoms with E-state index in [9.17, 15) is 24.1 Å². The van der Waals surface area contributed by atoms with Crippen LogP contribution in [-0.2, 0) is 4.79 Å². The topological polar surface area (TPSA) is 108 Å². The van der Waals surface area contributed by atoms with Crippen molar-refractivity contribution in [1.82, 2.24) is 15.5 Å². The number of rotatable bonds is 6. The van der Waals surface area contributed by atoms with E-state index in [0.717, 1.165) is 0 Å². The zero-order valence-corrected chi connectivity index (χ0v) is 18.3. The molecule has 4 rings (SSSR count). The molecule has 2 aromatic carbocycles. The molecule has 33 heavy (non-hydrogen) atoms. The second-order valence-corrected chi connectivity index (χ2v) is 8.59. The summed E-state index contributed by atoms with van der Waals surface area (Å²) in [6.07, 6.45) is 1.17. The molecule has 0 unspecified atom stereocenters. The largest absolute Gasteiger partial charge is 0.348 e. The highest BCUT2D eigenvalue weighted by Gasteiger charge is 2.50. The van der Waals surface area contributed by atoms with Crippen molar-refractivity contribution in [3.05, 3.63) is 70.0 Å². The Balaban J connectivity index is 1.36. The van der Waals surface area contributed by atoms with Gasteiger partial charge in [-0.15, -0.1) is 0 Å². The van der Waals surface area contributed by atoms with E-state index >= 15 is 0 Å². The van der Waals surface area contributed by atoms with Crippen LogP contribution in [-0.4, -0.2) is 59.5 Å². The normalized spacial score (nSPS) is 18.7. The predicted octanol–water partition coefficient (Wildman–Crippen LogP) is 2.28. The number of carbonyl (C=O) groups excluding carboxylic acids is 2. The van der Waals surface area contributed by atoms with Gasteiger partial charge >= 0.3 is 0 Å². The average molecular weight is 455 g/mol. The van der Waals surface area contributed by atoms with Gasteiger partial charge in [-0.1, -0.05) is 12.1 Å². The number of hydrogen-bond acceptors (Lipinski definition) is 6. The lowest BCUT2D eigenvalue weighted by Gasteiger charge is -2.43. The van der Waals surface area contributed by atoms with E-state index in [1.54, 1.807) is 12.1 Å². The van der Waals surface area contributed by atoms with Crippen LogP contribution in [0.25, 0.3) is 0 Å². The van der Waals surface area contributed by atoms with Crippen LogP contribution in [0.4, 0.5) is 15.8 Å². The number of benzene rings is 2. The first-order valence-corrected chi connectivity index (χ1v) is 10.9. The molecule has 0 saturated carbocycles. The number of nitro benzene ring substituents is 1. The monoisotopic (exact) mass is 455 g/mol. The minimum Gasteiger partial charge on any atom is -0.348 e. The van der Waals surface area contributed by atoms with Crippen LogP contribution in [0.1, 0.15) is 30.1 Å². The zero-order valence-electron chi connectivity index (χ0n) is 18.3. The van der Waals surface area contributed by atoms with Crippen LogP contribution < -0.4 is 15.5 Å². The molecule has 2 saturated heterocycles. The second-order valence-electron chi connectivity index (χ2n) is 8.59. The summed E-state index contributed by atoms with van der Waals surface area (Å²) in [5, 5.41) is 16.7. The zero-order chi connectivity index (χ0) is 23.6. The summed E-state index contributed by atoms with van der Waals surface area (Å²) in [6.45, 7) is 4.10. The van der Waals surface area contributed by atoms with Gasteiger partial charge in [0.15, 0.2) is 0 Å². The summed E-state index contributed by atoms with van der Waals surface area (Å²) in [5.41, 5.74) is 0.0791. The standard InChI is InChI=1S/C23H26FN5O4/c1-16(26-21(30)17-4-2-7-20(12-17)29(32)33)14-27-10-8-23(9-11-27)22(31)25-15-28(23)19-6-3-5-18(24)13-19/h2-7,12-13,16H,8-11,14-15H2,1H3,(H,25,31)(H,26,30)/t16-/m1/s1. The van der Waals surface area contributed by atoms with Crippen LogP contribution in [0.5, 0.6) is 0 Å². The lowest BCUT2D eigenvalue weighted by atomic mass is 9.85. The van der Waals surface area contributed by atoms with Gasteiger partial charge in [-0.25, -0.2) is 4.39 Å². The number of carbonyl (C=O) groups is 2. The highest BCUT2D eigenvalue weighted by Crippen LogP contribution is 2.36. The van der Waals surface area contributed by atoms with Crippen molar-refractivity contribution in [2.45, 2.75) is 31.3 Å². The predicted molar refractivity (Wildman–Crippen MR) is 120 cm³/mol. The fourth-order valence-electron chi connectivity index (χ4n) is 4.68. The summed E-state index contributed by atoms with van der Waals surface area (Å²) in [4.78, 5) is 39.8. The Kier molecular flexibility index (Phi) is 6.28. The summed E-state index contributed by atoms with van der Waals surface area (Å²) in [5.74, 6) is -0.752. The minimum atomic E-state index is -0.709. The molecule has 1 atom stereocenters. The Hall–Kier alpha value is -3.53. The number of halogens is 1. The van der Waals surface area contributed by atoms with Gasteiger partial charge in [0.2, 0.25) is 5.91 Å². The molecule has 0 aliphatic carbocycles. The Morgan fingerprint density at radius 2 is 1.97 bits per heavy atom. The first-order valence-electron chi connectivity index (χ1n) is 10.9. The molecule has 2 fully saturated rings. The fourth-order valence-corrected chi connectivity index (χ4v) is 4.68. The molecule has 9 nitrogen and oxygen atoms in total. The molecular formula is C23H26FN5O4. The molecule has 2 aliphatic rings. The van der Waals surface area contributed by atoms with Gasteiger partial charge in [0, 0.05) is 49.1 Å². The SMILES string of the molecule is C[C@H](CN1CCC2(CC1)C(=O)NCN2c1cccc(F)c1)NC(=O)c1cccc([N+](=O)[O-])c1. The first kappa shape index (κ1) is 22.7. The number of likely N-dealkylation sites (tertiary alicyclic amines) is 1. The van der Waals surface area contributed by atoms with Gasteiger partial charge in [-0.2, -0.15) is 0 Å². The molecule has 1 spiro atoms. The van der Waals surface area contributed by atoms with E-state index in [4.69, 9.17) is 0 Å². The van der Waals surface area contributed by atoms with Gasteiger partial charge in [0.25, 0.3) is 11.6 Å². The molecule has 2 amide bonds. The summed E-state index contributed by atoms with van der Waals surface area (Å²) < 4.78 is 13.8. The van der Waals surface area contributed by atoms with Gasteiger partial charge in [0.1, 0.15) is 11.4 Å². The van der Waals surface area contributed by atoms with E-state index in [-0.39, 0.29) is 34.9 Å². The van der Waals surface area contributed by atoms with E-state index < -0.39 is 10.5 Å². The number of non-ortho nitro benzene ring substituents is 1. The summed E-state index contributed by atoms with van der Waals surface area (Å²) in [6, 6.07) is 11.7. The minimum absolute atomic E-state index is 0.0431. The highest BCUT2D eigenvalue weighted by atomic mass is 19.1. The van der Waals surface area contributed by atoms with Crippen molar-refractivity contribution in [2.24, 2.45) is 0 Å². The molecule has 174 valence electrons. The van der Waals surface area contributed by atoms with Gasteiger partial charge in [-0.3, -0.25) is 19.7 Å². The maximum atomic E-state index is 13.8. The van der Waals surface area contributed by atoms with Crippen molar-refractivity contribution >= 4 is 23.2 Å². The van der Waals surface area contributed by atoms with Crippen molar-refractivity contribution in [3.63, 3.8) is 0 Å². The van der Waals surface area contributed by atoms with Gasteiger partial charge < -0.3 is 20.4 Å². The number of hydrogen-bond donors (Lipinski definition) is 2. The molecule has 0 radical (unpaired) electrons. The second kappa shape index (κ2) is 9.14. The smallest absolute Gasteiger partial charge is 0.270 e. The third kappa shape index (κ3) is 4.65. The maximum Gasteiger partial charge on any atom is 0.270 e. The lowest BCUT2D eigenvalue weighted by Crippen LogP contribution is -2.57. The maximum absolute atomic E-state index is 13.8. The van der Waals surface area contributed by atoms with Gasteiger partial charge in [-0.05, 0) is 44.0 Å². The van der Waals surface area contributed by atoms with E-state index in [2.05, 4.69) is 15.5 Å². The Morgan fingerprint density at radius 1 is 1.24 bits per heavy atom. The van der Waals surface area contributed by atoms with Crippen molar-refractivity contribution in [3.8, 4) is 0 Å². The number of nitrogens with one attached hydrogen (secondary N) is 2. The van der Waals surface area contributed by atoms with Crippen molar-refractivity contribution in [1.29, 1.82) is 0 Å². The molecule has 2 aliphatic heterocycles. The fraction of sp³-hybridized carbons (Fsp3) is 0.391.